The van der Waals surface area contributed by atoms with Crippen LogP contribution in [0.4, 0.5) is 0 Å². The normalized spacial score (nSPS) is 26.5. The average molecular weight is 210 g/mol. The van der Waals surface area contributed by atoms with Crippen LogP contribution in [0.1, 0.15) is 71.6 Å². The molecule has 88 valence electrons. The highest BCUT2D eigenvalue weighted by Gasteiger charge is 2.20. The lowest BCUT2D eigenvalue weighted by Crippen LogP contribution is -2.15. The van der Waals surface area contributed by atoms with Gasteiger partial charge in [-0.2, -0.15) is 0 Å². The van der Waals surface area contributed by atoms with Gasteiger partial charge in [0.2, 0.25) is 0 Å². The average Bonchev–Trinajstić information content (AvgIpc) is 2.28. The highest BCUT2D eigenvalue weighted by atomic mass is 16.1. The molecule has 0 heterocycles. The van der Waals surface area contributed by atoms with Gasteiger partial charge in [0.25, 0.3) is 0 Å². The van der Waals surface area contributed by atoms with E-state index < -0.39 is 0 Å². The van der Waals surface area contributed by atoms with E-state index >= 15 is 0 Å². The van der Waals surface area contributed by atoms with Crippen LogP contribution in [0, 0.1) is 11.8 Å². The van der Waals surface area contributed by atoms with E-state index in [1.54, 1.807) is 0 Å². The molecule has 1 saturated carbocycles. The highest BCUT2D eigenvalue weighted by molar-refractivity contribution is 5.77. The van der Waals surface area contributed by atoms with Gasteiger partial charge in [0, 0.05) is 12.8 Å². The molecule has 0 N–H and O–H groups in total. The number of hydrogen-bond acceptors (Lipinski definition) is 1. The third-order valence-electron chi connectivity index (χ3n) is 3.89. The Bertz CT molecular complexity index is 178. The molecule has 0 aromatic heterocycles. The quantitative estimate of drug-likeness (QED) is 0.637. The molecule has 15 heavy (non-hydrogen) atoms. The fourth-order valence-electron chi connectivity index (χ4n) is 2.76. The summed E-state index contributed by atoms with van der Waals surface area (Å²) < 4.78 is 0. The van der Waals surface area contributed by atoms with Crippen LogP contribution in [0.15, 0.2) is 0 Å². The maximum absolute atomic E-state index is 11.2. The lowest BCUT2D eigenvalue weighted by atomic mass is 9.78. The van der Waals surface area contributed by atoms with Gasteiger partial charge in [-0.1, -0.05) is 52.4 Å². The topological polar surface area (TPSA) is 17.1 Å². The zero-order valence-electron chi connectivity index (χ0n) is 10.4. The Morgan fingerprint density at radius 2 is 1.53 bits per heavy atom. The predicted molar refractivity (Wildman–Crippen MR) is 64.9 cm³/mol. The molecule has 0 saturated heterocycles. The SMILES string of the molecule is CCCC1CCC(CCC(=O)CC)CC1. The largest absolute Gasteiger partial charge is 0.300 e. The van der Waals surface area contributed by atoms with Crippen LogP contribution in [-0.4, -0.2) is 5.78 Å². The molecular weight excluding hydrogens is 184 g/mol. The summed E-state index contributed by atoms with van der Waals surface area (Å²) in [5.41, 5.74) is 0. The molecule has 1 heteroatoms. The molecule has 1 fully saturated rings. The number of carbonyl (C=O) groups excluding carboxylic acids is 1. The molecule has 0 bridgehead atoms. The summed E-state index contributed by atoms with van der Waals surface area (Å²) in [4.78, 5) is 11.2. The number of Topliss-reactive ketones (excluding diaryl/α,β-unsaturated/α-hetero) is 1. The minimum atomic E-state index is 0.450. The minimum absolute atomic E-state index is 0.450. The molecule has 0 amide bonds. The standard InChI is InChI=1S/C14H26O/c1-3-5-12-6-8-13(9-7-12)10-11-14(15)4-2/h12-13H,3-11H2,1-2H3. The molecule has 0 spiro atoms. The summed E-state index contributed by atoms with van der Waals surface area (Å²) in [7, 11) is 0. The molecule has 0 unspecified atom stereocenters. The van der Waals surface area contributed by atoms with Crippen LogP contribution in [0.5, 0.6) is 0 Å². The van der Waals surface area contributed by atoms with Gasteiger partial charge in [0.05, 0.1) is 0 Å². The molecular formula is C14H26O. The Kier molecular flexibility index (Phi) is 5.97. The van der Waals surface area contributed by atoms with Crippen LogP contribution in [0.2, 0.25) is 0 Å². The lowest BCUT2D eigenvalue weighted by molar-refractivity contribution is -0.119. The van der Waals surface area contributed by atoms with E-state index in [4.69, 9.17) is 0 Å². The van der Waals surface area contributed by atoms with Crippen LogP contribution in [-0.2, 0) is 4.79 Å². The van der Waals surface area contributed by atoms with E-state index in [0.717, 1.165) is 31.1 Å². The second-order valence-electron chi connectivity index (χ2n) is 5.11. The van der Waals surface area contributed by atoms with Gasteiger partial charge in [0.1, 0.15) is 5.78 Å². The lowest BCUT2D eigenvalue weighted by Gasteiger charge is -2.28. The monoisotopic (exact) mass is 210 g/mol. The van der Waals surface area contributed by atoms with Crippen molar-refractivity contribution in [3.05, 3.63) is 0 Å². The van der Waals surface area contributed by atoms with Crippen molar-refractivity contribution in [2.75, 3.05) is 0 Å². The van der Waals surface area contributed by atoms with Gasteiger partial charge in [-0.25, -0.2) is 0 Å². The Balaban J connectivity index is 2.12. The zero-order valence-corrected chi connectivity index (χ0v) is 10.4. The second-order valence-corrected chi connectivity index (χ2v) is 5.11. The smallest absolute Gasteiger partial charge is 0.132 e. The van der Waals surface area contributed by atoms with Crippen molar-refractivity contribution in [2.24, 2.45) is 11.8 Å². The van der Waals surface area contributed by atoms with Crippen LogP contribution in [0.3, 0.4) is 0 Å². The van der Waals surface area contributed by atoms with Gasteiger partial charge >= 0.3 is 0 Å². The maximum atomic E-state index is 11.2. The first kappa shape index (κ1) is 12.7. The first-order valence-electron chi connectivity index (χ1n) is 6.77. The number of ketones is 1. The summed E-state index contributed by atoms with van der Waals surface area (Å²) in [5, 5.41) is 0. The van der Waals surface area contributed by atoms with Crippen LogP contribution >= 0.6 is 0 Å². The Morgan fingerprint density at radius 3 is 2.00 bits per heavy atom. The van der Waals surface area contributed by atoms with Gasteiger partial charge in [-0.05, 0) is 18.3 Å². The summed E-state index contributed by atoms with van der Waals surface area (Å²) in [6.45, 7) is 4.26. The van der Waals surface area contributed by atoms with E-state index in [-0.39, 0.29) is 0 Å². The minimum Gasteiger partial charge on any atom is -0.300 e. The van der Waals surface area contributed by atoms with Crippen molar-refractivity contribution in [3.63, 3.8) is 0 Å². The molecule has 0 atom stereocenters. The highest BCUT2D eigenvalue weighted by Crippen LogP contribution is 2.33. The van der Waals surface area contributed by atoms with Crippen molar-refractivity contribution >= 4 is 5.78 Å². The van der Waals surface area contributed by atoms with Crippen molar-refractivity contribution in [2.45, 2.75) is 71.6 Å². The molecule has 1 nitrogen and oxygen atoms in total. The van der Waals surface area contributed by atoms with Crippen molar-refractivity contribution in [3.8, 4) is 0 Å². The summed E-state index contributed by atoms with van der Waals surface area (Å²) >= 11 is 0. The fourth-order valence-corrected chi connectivity index (χ4v) is 2.76. The predicted octanol–water partition coefficient (Wildman–Crippen LogP) is 4.35. The molecule has 0 aromatic rings. The molecule has 1 aliphatic carbocycles. The van der Waals surface area contributed by atoms with E-state index in [1.807, 2.05) is 6.92 Å². The first-order valence-corrected chi connectivity index (χ1v) is 6.77. The van der Waals surface area contributed by atoms with Gasteiger partial charge in [0.15, 0.2) is 0 Å². The van der Waals surface area contributed by atoms with Gasteiger partial charge < -0.3 is 0 Å². The Morgan fingerprint density at radius 1 is 1.00 bits per heavy atom. The molecule has 0 aromatic carbocycles. The van der Waals surface area contributed by atoms with E-state index in [2.05, 4.69) is 6.92 Å². The summed E-state index contributed by atoms with van der Waals surface area (Å²) in [6.07, 6.45) is 11.1. The van der Waals surface area contributed by atoms with Crippen molar-refractivity contribution in [1.29, 1.82) is 0 Å². The third-order valence-corrected chi connectivity index (χ3v) is 3.89. The second kappa shape index (κ2) is 7.03. The van der Waals surface area contributed by atoms with Gasteiger partial charge in [-0.15, -0.1) is 0 Å². The number of carbonyl (C=O) groups is 1. The van der Waals surface area contributed by atoms with E-state index in [9.17, 15) is 4.79 Å². The fraction of sp³-hybridized carbons (Fsp3) is 0.929. The zero-order chi connectivity index (χ0) is 11.1. The summed E-state index contributed by atoms with van der Waals surface area (Å²) in [5.74, 6) is 2.30. The molecule has 0 aliphatic heterocycles. The van der Waals surface area contributed by atoms with Crippen LogP contribution < -0.4 is 0 Å². The maximum Gasteiger partial charge on any atom is 0.132 e. The first-order chi connectivity index (χ1) is 7.26. The Labute approximate surface area is 94.6 Å². The molecule has 1 aliphatic rings. The number of hydrogen-bond donors (Lipinski definition) is 0. The third kappa shape index (κ3) is 4.81. The van der Waals surface area contributed by atoms with Gasteiger partial charge in [-0.3, -0.25) is 4.79 Å². The summed E-state index contributed by atoms with van der Waals surface area (Å²) in [6, 6.07) is 0. The molecule has 0 radical (unpaired) electrons. The Hall–Kier alpha value is -0.330. The van der Waals surface area contributed by atoms with E-state index in [0.29, 0.717) is 5.78 Å². The van der Waals surface area contributed by atoms with Crippen molar-refractivity contribution < 1.29 is 4.79 Å². The van der Waals surface area contributed by atoms with E-state index in [1.165, 1.54) is 38.5 Å². The molecule has 1 rings (SSSR count). The van der Waals surface area contributed by atoms with Crippen LogP contribution in [0.25, 0.3) is 0 Å². The number of rotatable bonds is 6. The van der Waals surface area contributed by atoms with Crippen molar-refractivity contribution in [1.82, 2.24) is 0 Å².